The summed E-state index contributed by atoms with van der Waals surface area (Å²) in [4.78, 5) is 27.3. The highest BCUT2D eigenvalue weighted by atomic mass is 32.1. The number of nitrogens with one attached hydrogen (secondary N) is 2. The third kappa shape index (κ3) is 5.12. The zero-order valence-corrected chi connectivity index (χ0v) is 17.7. The van der Waals surface area contributed by atoms with E-state index in [4.69, 9.17) is 9.47 Å². The Morgan fingerprint density at radius 2 is 1.77 bits per heavy atom. The smallest absolute Gasteiger partial charge is 0.313 e. The second-order valence-corrected chi connectivity index (χ2v) is 8.33. The maximum Gasteiger partial charge on any atom is 0.313 e. The first-order chi connectivity index (χ1) is 14.7. The third-order valence-electron chi connectivity index (χ3n) is 5.47. The largest absolute Gasteiger partial charge is 0.486 e. The number of thiophene rings is 1. The molecule has 7 nitrogen and oxygen atoms in total. The van der Waals surface area contributed by atoms with Crippen molar-refractivity contribution >= 4 is 28.8 Å². The molecule has 1 fully saturated rings. The van der Waals surface area contributed by atoms with Crippen molar-refractivity contribution in [3.8, 4) is 11.5 Å². The lowest BCUT2D eigenvalue weighted by molar-refractivity contribution is -0.136. The monoisotopic (exact) mass is 429 g/mol. The number of ether oxygens (including phenoxy) is 2. The summed E-state index contributed by atoms with van der Waals surface area (Å²) in [5, 5.41) is 9.64. The van der Waals surface area contributed by atoms with Crippen LogP contribution in [0.4, 0.5) is 5.69 Å². The quantitative estimate of drug-likeness (QED) is 0.714. The average molecular weight is 430 g/mol. The predicted octanol–water partition coefficient (Wildman–Crippen LogP) is 3.19. The lowest BCUT2D eigenvalue weighted by atomic mass is 10.1. The molecule has 0 bridgehead atoms. The summed E-state index contributed by atoms with van der Waals surface area (Å²) >= 11 is 1.65. The molecule has 2 amide bonds. The number of carbonyl (C=O) groups excluding carboxylic acids is 2. The number of amides is 2. The SMILES string of the molecule is O=C(NC[C@H](c1ccsc1)N1CCCCCC1)C(=O)Nc1ccc2c(c1)OCCO2. The predicted molar refractivity (Wildman–Crippen MR) is 116 cm³/mol. The molecule has 2 aliphatic heterocycles. The van der Waals surface area contributed by atoms with Crippen molar-refractivity contribution < 1.29 is 19.1 Å². The van der Waals surface area contributed by atoms with Gasteiger partial charge in [-0.15, -0.1) is 0 Å². The Morgan fingerprint density at radius 1 is 1.00 bits per heavy atom. The summed E-state index contributed by atoms with van der Waals surface area (Å²) in [6, 6.07) is 7.28. The van der Waals surface area contributed by atoms with Gasteiger partial charge < -0.3 is 20.1 Å². The first kappa shape index (κ1) is 20.7. The van der Waals surface area contributed by atoms with Crippen molar-refractivity contribution in [3.63, 3.8) is 0 Å². The van der Waals surface area contributed by atoms with E-state index in [2.05, 4.69) is 32.4 Å². The summed E-state index contributed by atoms with van der Waals surface area (Å²) in [5.74, 6) is -0.121. The van der Waals surface area contributed by atoms with Crippen LogP contribution in [0.2, 0.25) is 0 Å². The minimum absolute atomic E-state index is 0.0837. The Labute approximate surface area is 180 Å². The van der Waals surface area contributed by atoms with E-state index in [0.717, 1.165) is 13.1 Å². The Morgan fingerprint density at radius 3 is 2.50 bits per heavy atom. The number of fused-ring (bicyclic) bond motifs is 1. The van der Waals surface area contributed by atoms with E-state index in [1.807, 2.05) is 0 Å². The molecule has 1 saturated heterocycles. The number of anilines is 1. The third-order valence-corrected chi connectivity index (χ3v) is 6.17. The molecule has 8 heteroatoms. The molecule has 0 unspecified atom stereocenters. The zero-order valence-electron chi connectivity index (χ0n) is 16.9. The molecule has 0 radical (unpaired) electrons. The topological polar surface area (TPSA) is 79.9 Å². The number of hydrogen-bond donors (Lipinski definition) is 2. The Bertz CT molecular complexity index is 863. The van der Waals surface area contributed by atoms with Gasteiger partial charge in [0.05, 0.1) is 6.04 Å². The van der Waals surface area contributed by atoms with Crippen LogP contribution in [0.3, 0.4) is 0 Å². The molecule has 0 saturated carbocycles. The van der Waals surface area contributed by atoms with Gasteiger partial charge in [0.2, 0.25) is 0 Å². The number of rotatable bonds is 5. The minimum atomic E-state index is -0.688. The molecule has 3 heterocycles. The van der Waals surface area contributed by atoms with Crippen LogP contribution >= 0.6 is 11.3 Å². The van der Waals surface area contributed by atoms with Crippen LogP contribution in [0.25, 0.3) is 0 Å². The van der Waals surface area contributed by atoms with Gasteiger partial charge in [-0.1, -0.05) is 12.8 Å². The molecule has 160 valence electrons. The molecule has 4 rings (SSSR count). The maximum absolute atomic E-state index is 12.5. The van der Waals surface area contributed by atoms with Crippen molar-refractivity contribution in [2.45, 2.75) is 31.7 Å². The number of nitrogens with zero attached hydrogens (tertiary/aromatic N) is 1. The first-order valence-corrected chi connectivity index (χ1v) is 11.4. The second kappa shape index (κ2) is 9.95. The van der Waals surface area contributed by atoms with Gasteiger partial charge in [-0.25, -0.2) is 0 Å². The Hall–Kier alpha value is -2.58. The molecule has 0 aliphatic carbocycles. The first-order valence-electron chi connectivity index (χ1n) is 10.5. The molecule has 1 aromatic carbocycles. The van der Waals surface area contributed by atoms with E-state index in [9.17, 15) is 9.59 Å². The molecule has 0 spiro atoms. The van der Waals surface area contributed by atoms with E-state index in [1.165, 1.54) is 31.2 Å². The fraction of sp³-hybridized carbons (Fsp3) is 0.455. The van der Waals surface area contributed by atoms with Crippen LogP contribution in [-0.4, -0.2) is 49.6 Å². The van der Waals surface area contributed by atoms with E-state index >= 15 is 0 Å². The molecule has 1 aromatic heterocycles. The van der Waals surface area contributed by atoms with E-state index in [0.29, 0.717) is 36.9 Å². The summed E-state index contributed by atoms with van der Waals surface area (Å²) in [7, 11) is 0. The minimum Gasteiger partial charge on any atom is -0.486 e. The van der Waals surface area contributed by atoms with Crippen LogP contribution in [0.1, 0.15) is 37.3 Å². The zero-order chi connectivity index (χ0) is 20.8. The molecule has 2 aliphatic rings. The van der Waals surface area contributed by atoms with Crippen LogP contribution in [0, 0.1) is 0 Å². The van der Waals surface area contributed by atoms with Crippen LogP contribution in [-0.2, 0) is 9.59 Å². The molecule has 2 N–H and O–H groups in total. The number of likely N-dealkylation sites (tertiary alicyclic amines) is 1. The average Bonchev–Trinajstić information content (AvgIpc) is 3.16. The van der Waals surface area contributed by atoms with Crippen molar-refractivity contribution in [1.82, 2.24) is 10.2 Å². The molecular formula is C22H27N3O4S. The van der Waals surface area contributed by atoms with Crippen molar-refractivity contribution in [3.05, 3.63) is 40.6 Å². The fourth-order valence-electron chi connectivity index (χ4n) is 3.91. The normalized spacial score (nSPS) is 17.6. The van der Waals surface area contributed by atoms with Crippen LogP contribution in [0.5, 0.6) is 11.5 Å². The van der Waals surface area contributed by atoms with Gasteiger partial charge >= 0.3 is 11.8 Å². The lowest BCUT2D eigenvalue weighted by Crippen LogP contribution is -2.42. The van der Waals surface area contributed by atoms with Crippen LogP contribution < -0.4 is 20.1 Å². The molecule has 1 atom stereocenters. The van der Waals surface area contributed by atoms with Gasteiger partial charge in [-0.3, -0.25) is 14.5 Å². The second-order valence-electron chi connectivity index (χ2n) is 7.55. The summed E-state index contributed by atoms with van der Waals surface area (Å²) in [6.07, 6.45) is 4.83. The van der Waals surface area contributed by atoms with Crippen molar-refractivity contribution in [2.75, 3.05) is 38.2 Å². The molecule has 2 aromatic rings. The number of benzene rings is 1. The Kier molecular flexibility index (Phi) is 6.86. The highest BCUT2D eigenvalue weighted by Gasteiger charge is 2.24. The van der Waals surface area contributed by atoms with Gasteiger partial charge in [0.15, 0.2) is 11.5 Å². The molecular weight excluding hydrogens is 402 g/mol. The van der Waals surface area contributed by atoms with Gasteiger partial charge in [0.25, 0.3) is 0 Å². The Balaban J connectivity index is 1.36. The van der Waals surface area contributed by atoms with E-state index < -0.39 is 11.8 Å². The lowest BCUT2D eigenvalue weighted by Gasteiger charge is -2.30. The number of hydrogen-bond acceptors (Lipinski definition) is 6. The van der Waals surface area contributed by atoms with Gasteiger partial charge in [0, 0.05) is 18.3 Å². The van der Waals surface area contributed by atoms with Crippen LogP contribution in [0.15, 0.2) is 35.0 Å². The summed E-state index contributed by atoms with van der Waals surface area (Å²) in [6.45, 7) is 3.40. The van der Waals surface area contributed by atoms with Gasteiger partial charge in [0.1, 0.15) is 13.2 Å². The summed E-state index contributed by atoms with van der Waals surface area (Å²) < 4.78 is 11.0. The fourth-order valence-corrected chi connectivity index (χ4v) is 4.61. The van der Waals surface area contributed by atoms with Crippen molar-refractivity contribution in [2.24, 2.45) is 0 Å². The maximum atomic E-state index is 12.5. The standard InChI is InChI=1S/C22H27N3O4S/c26-21(22(27)24-17-5-6-19-20(13-17)29-11-10-28-19)23-14-18(16-7-12-30-15-16)25-8-3-1-2-4-9-25/h5-7,12-13,15,18H,1-4,8-11,14H2,(H,23,26)(H,24,27)/t18-/m1/s1. The van der Waals surface area contributed by atoms with Gasteiger partial charge in [-0.05, 0) is 60.5 Å². The van der Waals surface area contributed by atoms with Crippen molar-refractivity contribution in [1.29, 1.82) is 0 Å². The summed E-state index contributed by atoms with van der Waals surface area (Å²) in [5.41, 5.74) is 1.69. The van der Waals surface area contributed by atoms with E-state index in [-0.39, 0.29) is 6.04 Å². The number of carbonyl (C=O) groups is 2. The highest BCUT2D eigenvalue weighted by molar-refractivity contribution is 7.08. The highest BCUT2D eigenvalue weighted by Crippen LogP contribution is 2.32. The van der Waals surface area contributed by atoms with E-state index in [1.54, 1.807) is 29.5 Å². The molecule has 30 heavy (non-hydrogen) atoms. The van der Waals surface area contributed by atoms with Gasteiger partial charge in [-0.2, -0.15) is 11.3 Å².